The summed E-state index contributed by atoms with van der Waals surface area (Å²) in [6.45, 7) is -0.382. The molecule has 1 N–H and O–H groups in total. The minimum atomic E-state index is -2.58. The Hall–Kier alpha value is -2.74. The number of pyridine rings is 1. The Morgan fingerprint density at radius 3 is 2.48 bits per heavy atom. The van der Waals surface area contributed by atoms with Gasteiger partial charge < -0.3 is 19.7 Å². The van der Waals surface area contributed by atoms with E-state index in [2.05, 4.69) is 10.3 Å². The molecule has 0 bridgehead atoms. The highest BCUT2D eigenvalue weighted by molar-refractivity contribution is 5.92. The van der Waals surface area contributed by atoms with Crippen molar-refractivity contribution < 1.29 is 23.0 Å². The van der Waals surface area contributed by atoms with Crippen LogP contribution in [0.25, 0.3) is 0 Å². The third kappa shape index (κ3) is 6.18. The lowest BCUT2D eigenvalue weighted by molar-refractivity contribution is 0.0817. The number of nitrogens with zero attached hydrogens (tertiary/aromatic N) is 2. The monoisotopic (exact) mass is 379 g/mol. The lowest BCUT2D eigenvalue weighted by Gasteiger charge is -2.25. The average Bonchev–Trinajstić information content (AvgIpc) is 2.66. The van der Waals surface area contributed by atoms with Gasteiger partial charge in [0, 0.05) is 18.8 Å². The first kappa shape index (κ1) is 20.6. The van der Waals surface area contributed by atoms with Gasteiger partial charge in [0.2, 0.25) is 0 Å². The van der Waals surface area contributed by atoms with E-state index < -0.39 is 18.9 Å². The maximum atomic E-state index is 12.4. The highest BCUT2D eigenvalue weighted by atomic mass is 19.3. The van der Waals surface area contributed by atoms with E-state index in [4.69, 9.17) is 9.47 Å². The molecule has 0 aliphatic rings. The summed E-state index contributed by atoms with van der Waals surface area (Å²) in [5, 5.41) is 2.82. The summed E-state index contributed by atoms with van der Waals surface area (Å²) < 4.78 is 34.6. The van der Waals surface area contributed by atoms with E-state index >= 15 is 0 Å². The number of likely N-dealkylation sites (N-methyl/N-ethyl adjacent to an activating group) is 1. The Morgan fingerprint density at radius 2 is 1.89 bits per heavy atom. The molecule has 8 heteroatoms. The molecular weight excluding hydrogens is 356 g/mol. The first-order valence-corrected chi connectivity index (χ1v) is 8.36. The summed E-state index contributed by atoms with van der Waals surface area (Å²) in [5.74, 6) is 0.526. The Morgan fingerprint density at radius 1 is 1.19 bits per heavy atom. The van der Waals surface area contributed by atoms with Crippen molar-refractivity contribution in [1.29, 1.82) is 0 Å². The lowest BCUT2D eigenvalue weighted by Crippen LogP contribution is -2.34. The molecule has 2 rings (SSSR count). The fourth-order valence-electron chi connectivity index (χ4n) is 2.49. The van der Waals surface area contributed by atoms with Crippen LogP contribution in [0.15, 0.2) is 42.6 Å². The highest BCUT2D eigenvalue weighted by Gasteiger charge is 2.17. The van der Waals surface area contributed by atoms with Crippen LogP contribution in [0.5, 0.6) is 11.5 Å². The molecule has 1 atom stereocenters. The molecule has 0 saturated heterocycles. The molecular formula is C19H23F2N3O3. The Labute approximate surface area is 157 Å². The second-order valence-electron chi connectivity index (χ2n) is 6.04. The fraction of sp³-hybridized carbons (Fsp3) is 0.368. The zero-order chi connectivity index (χ0) is 19.8. The van der Waals surface area contributed by atoms with E-state index in [9.17, 15) is 13.6 Å². The van der Waals surface area contributed by atoms with Gasteiger partial charge in [0.15, 0.2) is 0 Å². The van der Waals surface area contributed by atoms with Crippen molar-refractivity contribution in [3.8, 4) is 11.5 Å². The smallest absolute Gasteiger partial charge is 0.272 e. The number of hydrogen-bond acceptors (Lipinski definition) is 5. The number of carbonyl (C=O) groups is 1. The number of nitrogens with one attached hydrogen (secondary N) is 1. The molecule has 0 aliphatic heterocycles. The molecule has 1 heterocycles. The normalized spacial score (nSPS) is 12.1. The lowest BCUT2D eigenvalue weighted by atomic mass is 10.1. The summed E-state index contributed by atoms with van der Waals surface area (Å²) in [7, 11) is 5.43. The van der Waals surface area contributed by atoms with E-state index in [1.165, 1.54) is 18.3 Å². The SMILES string of the molecule is COc1ccc([C@@H](CNC(=O)c2cc(OCC(F)F)ccn2)N(C)C)cc1. The Kier molecular flexibility index (Phi) is 7.48. The maximum Gasteiger partial charge on any atom is 0.272 e. The van der Waals surface area contributed by atoms with Crippen LogP contribution in [0.1, 0.15) is 22.1 Å². The van der Waals surface area contributed by atoms with Crippen molar-refractivity contribution in [3.05, 3.63) is 53.9 Å². The van der Waals surface area contributed by atoms with Crippen LogP contribution in [0.4, 0.5) is 8.78 Å². The van der Waals surface area contributed by atoms with Gasteiger partial charge in [0.05, 0.1) is 13.2 Å². The minimum Gasteiger partial charge on any atom is -0.497 e. The molecule has 6 nitrogen and oxygen atoms in total. The van der Waals surface area contributed by atoms with Crippen LogP contribution in [0.3, 0.4) is 0 Å². The number of aromatic nitrogens is 1. The molecule has 1 aromatic heterocycles. The molecule has 1 aromatic carbocycles. The Balaban J connectivity index is 2.02. The van der Waals surface area contributed by atoms with Crippen LogP contribution in [-0.4, -0.2) is 56.6 Å². The predicted octanol–water partition coefficient (Wildman–Crippen LogP) is 2.77. The number of ether oxygens (including phenoxy) is 2. The number of alkyl halides is 2. The second kappa shape index (κ2) is 9.82. The van der Waals surface area contributed by atoms with Crippen molar-refractivity contribution in [2.24, 2.45) is 0 Å². The summed E-state index contributed by atoms with van der Waals surface area (Å²) >= 11 is 0. The van der Waals surface area contributed by atoms with Gasteiger partial charge in [0.1, 0.15) is 23.8 Å². The Bertz CT molecular complexity index is 739. The zero-order valence-electron chi connectivity index (χ0n) is 15.5. The fourth-order valence-corrected chi connectivity index (χ4v) is 2.49. The van der Waals surface area contributed by atoms with E-state index in [0.29, 0.717) is 6.54 Å². The molecule has 146 valence electrons. The van der Waals surface area contributed by atoms with Gasteiger partial charge in [-0.3, -0.25) is 9.78 Å². The van der Waals surface area contributed by atoms with Crippen molar-refractivity contribution in [1.82, 2.24) is 15.2 Å². The largest absolute Gasteiger partial charge is 0.497 e. The minimum absolute atomic E-state index is 0.0573. The molecule has 2 aromatic rings. The summed E-state index contributed by atoms with van der Waals surface area (Å²) in [4.78, 5) is 18.3. The average molecular weight is 379 g/mol. The van der Waals surface area contributed by atoms with Gasteiger partial charge in [-0.05, 0) is 37.9 Å². The number of amides is 1. The van der Waals surface area contributed by atoms with E-state index in [1.807, 2.05) is 43.3 Å². The van der Waals surface area contributed by atoms with Crippen molar-refractivity contribution in [3.63, 3.8) is 0 Å². The first-order chi connectivity index (χ1) is 12.9. The molecule has 0 spiro atoms. The summed E-state index contributed by atoms with van der Waals surface area (Å²) in [6.07, 6.45) is -1.23. The molecule has 0 unspecified atom stereocenters. The first-order valence-electron chi connectivity index (χ1n) is 8.36. The molecule has 0 fully saturated rings. The van der Waals surface area contributed by atoms with E-state index in [-0.39, 0.29) is 17.5 Å². The molecule has 1 amide bonds. The van der Waals surface area contributed by atoms with Gasteiger partial charge in [0.25, 0.3) is 12.3 Å². The summed E-state index contributed by atoms with van der Waals surface area (Å²) in [6, 6.07) is 10.3. The third-order valence-electron chi connectivity index (χ3n) is 3.92. The number of methoxy groups -OCH3 is 1. The standard InChI is InChI=1S/C19H23F2N3O3/c1-24(2)17(13-4-6-14(26-3)7-5-13)11-23-19(25)16-10-15(8-9-22-16)27-12-18(20)21/h4-10,17-18H,11-12H2,1-3H3,(H,23,25)/t17-/m1/s1. The highest BCUT2D eigenvalue weighted by Crippen LogP contribution is 2.21. The molecule has 0 aliphatic carbocycles. The van der Waals surface area contributed by atoms with Crippen LogP contribution in [0.2, 0.25) is 0 Å². The van der Waals surface area contributed by atoms with E-state index in [0.717, 1.165) is 11.3 Å². The van der Waals surface area contributed by atoms with Gasteiger partial charge in [-0.25, -0.2) is 8.78 Å². The van der Waals surface area contributed by atoms with Gasteiger partial charge in [-0.2, -0.15) is 0 Å². The van der Waals surface area contributed by atoms with Crippen LogP contribution in [-0.2, 0) is 0 Å². The van der Waals surface area contributed by atoms with E-state index in [1.54, 1.807) is 7.11 Å². The van der Waals surface area contributed by atoms with Gasteiger partial charge >= 0.3 is 0 Å². The van der Waals surface area contributed by atoms with Gasteiger partial charge in [-0.1, -0.05) is 12.1 Å². The van der Waals surface area contributed by atoms with Gasteiger partial charge in [-0.15, -0.1) is 0 Å². The quantitative estimate of drug-likeness (QED) is 0.726. The second-order valence-corrected chi connectivity index (χ2v) is 6.04. The number of carbonyl (C=O) groups excluding carboxylic acids is 1. The maximum absolute atomic E-state index is 12.4. The number of halogens is 2. The molecule has 0 radical (unpaired) electrons. The van der Waals surface area contributed by atoms with Crippen LogP contribution >= 0.6 is 0 Å². The van der Waals surface area contributed by atoms with Crippen LogP contribution in [0, 0.1) is 0 Å². The number of rotatable bonds is 9. The third-order valence-corrected chi connectivity index (χ3v) is 3.92. The number of hydrogen-bond donors (Lipinski definition) is 1. The topological polar surface area (TPSA) is 63.7 Å². The molecule has 27 heavy (non-hydrogen) atoms. The zero-order valence-corrected chi connectivity index (χ0v) is 15.5. The van der Waals surface area contributed by atoms with Crippen LogP contribution < -0.4 is 14.8 Å². The molecule has 0 saturated carbocycles. The van der Waals surface area contributed by atoms with Crippen molar-refractivity contribution in [2.75, 3.05) is 34.4 Å². The van der Waals surface area contributed by atoms with Crippen molar-refractivity contribution in [2.45, 2.75) is 12.5 Å². The number of benzene rings is 1. The predicted molar refractivity (Wildman–Crippen MR) is 97.5 cm³/mol. The van der Waals surface area contributed by atoms with Crippen molar-refractivity contribution >= 4 is 5.91 Å². The summed E-state index contributed by atoms with van der Waals surface area (Å²) in [5.41, 5.74) is 1.12.